The zero-order valence-electron chi connectivity index (χ0n) is 23.4. The quantitative estimate of drug-likeness (QED) is 0.399. The van der Waals surface area contributed by atoms with Gasteiger partial charge in [0.15, 0.2) is 5.76 Å². The van der Waals surface area contributed by atoms with Crippen molar-refractivity contribution in [1.82, 2.24) is 9.80 Å². The van der Waals surface area contributed by atoms with Crippen LogP contribution in [0.2, 0.25) is 0 Å². The maximum atomic E-state index is 13.8. The normalized spacial score (nSPS) is 23.3. The predicted octanol–water partition coefficient (Wildman–Crippen LogP) is 4.47. The Labute approximate surface area is 237 Å². The molecule has 214 valence electrons. The lowest BCUT2D eigenvalue weighted by Gasteiger charge is -2.40. The number of fused-ring (bicyclic) bond motifs is 3. The van der Waals surface area contributed by atoms with Crippen molar-refractivity contribution < 1.29 is 24.1 Å². The molecule has 0 spiro atoms. The molecule has 1 N–H and O–H groups in total. The standard InChI is InChI=1S/C33H42N2O5/c36-17-18-38-19-20-39-32-23-25(28-9-6-10-29-27-8-3-2-7-24(27)21-30(28)29)22-31(40-32)33(37)35-15-11-26(12-16-35)34-13-4-1-5-14-34/h2-3,6-10,22,25-26,32,36H,1,4-5,11-21,23H2/t25-,32+/m0/s1. The Bertz CT molecular complexity index is 1200. The molecule has 4 aliphatic rings. The summed E-state index contributed by atoms with van der Waals surface area (Å²) in [5.41, 5.74) is 6.53. The summed E-state index contributed by atoms with van der Waals surface area (Å²) >= 11 is 0. The Kier molecular flexibility index (Phi) is 8.83. The van der Waals surface area contributed by atoms with Crippen molar-refractivity contribution in [2.45, 2.75) is 63.2 Å². The molecule has 3 heterocycles. The van der Waals surface area contributed by atoms with Crippen LogP contribution in [0.4, 0.5) is 0 Å². The van der Waals surface area contributed by atoms with E-state index < -0.39 is 6.29 Å². The van der Waals surface area contributed by atoms with Crippen molar-refractivity contribution in [1.29, 1.82) is 0 Å². The van der Waals surface area contributed by atoms with Gasteiger partial charge in [-0.25, -0.2) is 0 Å². The van der Waals surface area contributed by atoms with Crippen LogP contribution in [0.3, 0.4) is 0 Å². The predicted molar refractivity (Wildman–Crippen MR) is 154 cm³/mol. The van der Waals surface area contributed by atoms with E-state index in [1.54, 1.807) is 0 Å². The second-order valence-corrected chi connectivity index (χ2v) is 11.5. The first kappa shape index (κ1) is 27.5. The van der Waals surface area contributed by atoms with Gasteiger partial charge in [-0.1, -0.05) is 48.9 Å². The molecular formula is C33H42N2O5. The number of nitrogens with zero attached hydrogens (tertiary/aromatic N) is 2. The molecule has 3 aliphatic heterocycles. The maximum Gasteiger partial charge on any atom is 0.288 e. The number of hydrogen-bond donors (Lipinski definition) is 1. The van der Waals surface area contributed by atoms with Crippen molar-refractivity contribution >= 4 is 5.91 Å². The average molecular weight is 547 g/mol. The zero-order chi connectivity index (χ0) is 27.3. The van der Waals surface area contributed by atoms with Gasteiger partial charge >= 0.3 is 0 Å². The number of likely N-dealkylation sites (tertiary alicyclic amines) is 2. The Hall–Kier alpha value is -2.71. The summed E-state index contributed by atoms with van der Waals surface area (Å²) in [6.07, 6.45) is 9.03. The third-order valence-electron chi connectivity index (χ3n) is 8.98. The van der Waals surface area contributed by atoms with Crippen LogP contribution >= 0.6 is 0 Å². The number of benzene rings is 2. The number of carbonyl (C=O) groups is 1. The van der Waals surface area contributed by atoms with Crippen LogP contribution in [0, 0.1) is 0 Å². The van der Waals surface area contributed by atoms with Gasteiger partial charge in [0.1, 0.15) is 0 Å². The molecule has 2 saturated heterocycles. The minimum absolute atomic E-state index is 0.0145. The number of piperidine rings is 2. The zero-order valence-corrected chi connectivity index (χ0v) is 23.4. The third kappa shape index (κ3) is 5.98. The molecule has 2 atom stereocenters. The number of ether oxygens (including phenoxy) is 3. The number of aliphatic hydroxyl groups is 1. The van der Waals surface area contributed by atoms with Gasteiger partial charge in [0.2, 0.25) is 6.29 Å². The van der Waals surface area contributed by atoms with Crippen LogP contribution < -0.4 is 0 Å². The van der Waals surface area contributed by atoms with E-state index in [2.05, 4.69) is 47.4 Å². The molecule has 1 aliphatic carbocycles. The summed E-state index contributed by atoms with van der Waals surface area (Å²) < 4.78 is 17.7. The fourth-order valence-electron chi connectivity index (χ4n) is 6.94. The summed E-state index contributed by atoms with van der Waals surface area (Å²) in [5.74, 6) is 0.399. The van der Waals surface area contributed by atoms with Crippen LogP contribution in [-0.4, -0.2) is 85.8 Å². The minimum Gasteiger partial charge on any atom is -0.459 e. The number of hydrogen-bond acceptors (Lipinski definition) is 6. The van der Waals surface area contributed by atoms with Crippen molar-refractivity contribution in [2.24, 2.45) is 0 Å². The van der Waals surface area contributed by atoms with Gasteiger partial charge in [-0.3, -0.25) is 4.79 Å². The second kappa shape index (κ2) is 12.9. The molecule has 40 heavy (non-hydrogen) atoms. The first-order valence-corrected chi connectivity index (χ1v) is 15.1. The van der Waals surface area contributed by atoms with Crippen molar-refractivity contribution in [3.05, 3.63) is 71.0 Å². The summed E-state index contributed by atoms with van der Waals surface area (Å²) in [4.78, 5) is 18.4. The highest BCUT2D eigenvalue weighted by Crippen LogP contribution is 2.43. The van der Waals surface area contributed by atoms with Gasteiger partial charge in [0.05, 0.1) is 26.4 Å². The van der Waals surface area contributed by atoms with Gasteiger partial charge < -0.3 is 29.1 Å². The lowest BCUT2D eigenvalue weighted by molar-refractivity contribution is -0.157. The third-order valence-corrected chi connectivity index (χ3v) is 8.98. The van der Waals surface area contributed by atoms with E-state index in [1.807, 2.05) is 11.0 Å². The number of carbonyl (C=O) groups excluding carboxylic acids is 1. The van der Waals surface area contributed by atoms with Gasteiger partial charge in [0.25, 0.3) is 5.91 Å². The first-order valence-electron chi connectivity index (χ1n) is 15.1. The van der Waals surface area contributed by atoms with E-state index >= 15 is 0 Å². The van der Waals surface area contributed by atoms with E-state index in [1.165, 1.54) is 60.2 Å². The maximum absolute atomic E-state index is 13.8. The summed E-state index contributed by atoms with van der Waals surface area (Å²) in [6, 6.07) is 15.7. The van der Waals surface area contributed by atoms with Gasteiger partial charge in [-0.05, 0) is 79.1 Å². The van der Waals surface area contributed by atoms with Gasteiger partial charge in [-0.15, -0.1) is 0 Å². The summed E-state index contributed by atoms with van der Waals surface area (Å²) in [7, 11) is 0. The lowest BCUT2D eigenvalue weighted by Crippen LogP contribution is -2.49. The SMILES string of the molecule is O=C(C1=C[C@H](c2cccc3c2Cc2ccccc2-3)C[C@H](OCCOCCO)O1)N1CCC(N2CCCCC2)CC1. The van der Waals surface area contributed by atoms with Crippen LogP contribution in [0.5, 0.6) is 0 Å². The topological polar surface area (TPSA) is 71.5 Å². The highest BCUT2D eigenvalue weighted by Gasteiger charge is 2.35. The Morgan fingerprint density at radius 2 is 1.73 bits per heavy atom. The van der Waals surface area contributed by atoms with Crippen LogP contribution in [0.25, 0.3) is 11.1 Å². The molecule has 0 bridgehead atoms. The molecule has 7 heteroatoms. The minimum atomic E-state index is -0.530. The van der Waals surface area contributed by atoms with Crippen molar-refractivity contribution in [3.8, 4) is 11.1 Å². The fourth-order valence-corrected chi connectivity index (χ4v) is 6.94. The molecule has 2 fully saturated rings. The average Bonchev–Trinajstić information content (AvgIpc) is 3.40. The first-order chi connectivity index (χ1) is 19.7. The molecule has 2 aromatic rings. The van der Waals surface area contributed by atoms with Crippen molar-refractivity contribution in [3.63, 3.8) is 0 Å². The molecule has 0 aromatic heterocycles. The highest BCUT2D eigenvalue weighted by molar-refractivity contribution is 5.92. The number of amides is 1. The molecular weight excluding hydrogens is 504 g/mol. The van der Waals surface area contributed by atoms with Crippen LogP contribution in [0.15, 0.2) is 54.3 Å². The Balaban J connectivity index is 1.19. The molecule has 0 saturated carbocycles. The fraction of sp³-hybridized carbons (Fsp3) is 0.545. The van der Waals surface area contributed by atoms with Gasteiger partial charge in [-0.2, -0.15) is 0 Å². The number of aliphatic hydroxyl groups excluding tert-OH is 1. The van der Waals surface area contributed by atoms with Crippen molar-refractivity contribution in [2.75, 3.05) is 52.6 Å². The summed E-state index contributed by atoms with van der Waals surface area (Å²) in [5, 5.41) is 8.98. The van der Waals surface area contributed by atoms with E-state index in [9.17, 15) is 4.79 Å². The molecule has 6 rings (SSSR count). The van der Waals surface area contributed by atoms with Gasteiger partial charge in [0, 0.05) is 31.5 Å². The van der Waals surface area contributed by atoms with E-state index in [0.29, 0.717) is 31.4 Å². The molecule has 7 nitrogen and oxygen atoms in total. The van der Waals surface area contributed by atoms with E-state index in [4.69, 9.17) is 19.3 Å². The second-order valence-electron chi connectivity index (χ2n) is 11.5. The van der Waals surface area contributed by atoms with E-state index in [0.717, 1.165) is 32.4 Å². The molecule has 2 aromatic carbocycles. The molecule has 0 unspecified atom stereocenters. The van der Waals surface area contributed by atoms with Crippen LogP contribution in [0.1, 0.15) is 61.1 Å². The lowest BCUT2D eigenvalue weighted by atomic mass is 9.87. The smallest absolute Gasteiger partial charge is 0.288 e. The summed E-state index contributed by atoms with van der Waals surface area (Å²) in [6.45, 7) is 4.91. The number of allylic oxidation sites excluding steroid dienone is 1. The monoisotopic (exact) mass is 546 g/mol. The Morgan fingerprint density at radius 1 is 0.925 bits per heavy atom. The van der Waals surface area contributed by atoms with E-state index in [-0.39, 0.29) is 25.0 Å². The molecule has 1 amide bonds. The Morgan fingerprint density at radius 3 is 2.55 bits per heavy atom. The highest BCUT2D eigenvalue weighted by atomic mass is 16.7. The molecule has 0 radical (unpaired) electrons. The largest absolute Gasteiger partial charge is 0.459 e. The van der Waals surface area contributed by atoms with Crippen LogP contribution in [-0.2, 0) is 25.4 Å². The number of rotatable bonds is 9.